The van der Waals surface area contributed by atoms with Gasteiger partial charge < -0.3 is 10.4 Å². The van der Waals surface area contributed by atoms with Gasteiger partial charge in [-0.1, -0.05) is 39.5 Å². The summed E-state index contributed by atoms with van der Waals surface area (Å²) in [6.45, 7) is 6.08. The van der Waals surface area contributed by atoms with Crippen molar-refractivity contribution in [3.8, 4) is 0 Å². The Morgan fingerprint density at radius 3 is 2.53 bits per heavy atom. The zero-order valence-corrected chi connectivity index (χ0v) is 13.0. The molecule has 3 unspecified atom stereocenters. The van der Waals surface area contributed by atoms with E-state index in [1.165, 1.54) is 44.9 Å². The summed E-state index contributed by atoms with van der Waals surface area (Å²) in [4.78, 5) is 0. The first-order valence-electron chi connectivity index (χ1n) is 8.45. The molecule has 0 aromatic rings. The van der Waals surface area contributed by atoms with Crippen molar-refractivity contribution in [1.82, 2.24) is 5.32 Å². The first-order chi connectivity index (χ1) is 9.11. The van der Waals surface area contributed by atoms with Gasteiger partial charge in [0.05, 0.1) is 0 Å². The average Bonchev–Trinajstić information content (AvgIpc) is 2.43. The summed E-state index contributed by atoms with van der Waals surface area (Å²) in [6, 6.07) is 0.757. The fourth-order valence-electron chi connectivity index (χ4n) is 4.13. The number of hydrogen-bond acceptors (Lipinski definition) is 2. The standard InChI is InChI=1S/C17H33NO/c1-17(2,10-5-11-19)13-18-16-9-8-14-6-3-4-7-15(14)12-16/h14-16,18-19H,3-13H2,1-2H3. The van der Waals surface area contributed by atoms with E-state index in [4.69, 9.17) is 5.11 Å². The second-order valence-corrected chi connectivity index (χ2v) is 7.69. The van der Waals surface area contributed by atoms with E-state index >= 15 is 0 Å². The summed E-state index contributed by atoms with van der Waals surface area (Å²) < 4.78 is 0. The third kappa shape index (κ3) is 4.75. The molecule has 0 heterocycles. The van der Waals surface area contributed by atoms with Gasteiger partial charge in [0.1, 0.15) is 0 Å². The van der Waals surface area contributed by atoms with Gasteiger partial charge in [-0.05, 0) is 49.4 Å². The minimum absolute atomic E-state index is 0.326. The van der Waals surface area contributed by atoms with Crippen molar-refractivity contribution in [3.63, 3.8) is 0 Å². The predicted molar refractivity (Wildman–Crippen MR) is 81.2 cm³/mol. The Balaban J connectivity index is 1.71. The molecule has 0 aromatic heterocycles. The number of hydrogen-bond donors (Lipinski definition) is 2. The minimum Gasteiger partial charge on any atom is -0.396 e. The van der Waals surface area contributed by atoms with Crippen LogP contribution in [-0.2, 0) is 0 Å². The van der Waals surface area contributed by atoms with Crippen LogP contribution in [0.3, 0.4) is 0 Å². The molecule has 0 radical (unpaired) electrons. The van der Waals surface area contributed by atoms with Crippen molar-refractivity contribution in [1.29, 1.82) is 0 Å². The molecule has 0 saturated heterocycles. The second-order valence-electron chi connectivity index (χ2n) is 7.69. The second kappa shape index (κ2) is 7.08. The summed E-state index contributed by atoms with van der Waals surface area (Å²) in [5.41, 5.74) is 0.326. The molecule has 112 valence electrons. The fourth-order valence-corrected chi connectivity index (χ4v) is 4.13. The number of aliphatic hydroxyl groups excluding tert-OH is 1. The lowest BCUT2D eigenvalue weighted by Gasteiger charge is -2.40. The molecule has 2 aliphatic rings. The lowest BCUT2D eigenvalue weighted by atomic mass is 9.69. The van der Waals surface area contributed by atoms with Crippen molar-refractivity contribution >= 4 is 0 Å². The van der Waals surface area contributed by atoms with E-state index in [1.807, 2.05) is 0 Å². The normalized spacial score (nSPS) is 32.1. The molecular formula is C17H33NO. The zero-order valence-electron chi connectivity index (χ0n) is 13.0. The predicted octanol–water partition coefficient (Wildman–Crippen LogP) is 3.73. The molecule has 0 amide bonds. The van der Waals surface area contributed by atoms with Crippen molar-refractivity contribution in [2.45, 2.75) is 77.7 Å². The zero-order chi connectivity index (χ0) is 13.7. The van der Waals surface area contributed by atoms with Gasteiger partial charge in [-0.15, -0.1) is 0 Å². The molecule has 2 rings (SSSR count). The molecule has 0 bridgehead atoms. The molecule has 0 aliphatic heterocycles. The van der Waals surface area contributed by atoms with Crippen molar-refractivity contribution < 1.29 is 5.11 Å². The smallest absolute Gasteiger partial charge is 0.0431 e. The minimum atomic E-state index is 0.326. The Kier molecular flexibility index (Phi) is 5.70. The van der Waals surface area contributed by atoms with Gasteiger partial charge in [0.15, 0.2) is 0 Å². The molecule has 2 N–H and O–H groups in total. The van der Waals surface area contributed by atoms with E-state index in [0.717, 1.165) is 37.3 Å². The van der Waals surface area contributed by atoms with E-state index in [2.05, 4.69) is 19.2 Å². The lowest BCUT2D eigenvalue weighted by molar-refractivity contribution is 0.135. The molecule has 0 aromatic carbocycles. The van der Waals surface area contributed by atoms with Crippen LogP contribution < -0.4 is 5.32 Å². The van der Waals surface area contributed by atoms with Gasteiger partial charge in [0, 0.05) is 19.2 Å². The SMILES string of the molecule is CC(C)(CCCO)CNC1CCC2CCCCC2C1. The van der Waals surface area contributed by atoms with Gasteiger partial charge in [-0.2, -0.15) is 0 Å². The van der Waals surface area contributed by atoms with Crippen LogP contribution in [-0.4, -0.2) is 24.3 Å². The topological polar surface area (TPSA) is 32.3 Å². The average molecular weight is 267 g/mol. The quantitative estimate of drug-likeness (QED) is 0.768. The van der Waals surface area contributed by atoms with Crippen LogP contribution in [0.15, 0.2) is 0 Å². The monoisotopic (exact) mass is 267 g/mol. The van der Waals surface area contributed by atoms with Gasteiger partial charge >= 0.3 is 0 Å². The summed E-state index contributed by atoms with van der Waals surface area (Å²) >= 11 is 0. The van der Waals surface area contributed by atoms with Crippen LogP contribution in [0.4, 0.5) is 0 Å². The van der Waals surface area contributed by atoms with E-state index < -0.39 is 0 Å². The Bertz CT molecular complexity index is 264. The molecule has 2 heteroatoms. The highest BCUT2D eigenvalue weighted by atomic mass is 16.2. The van der Waals surface area contributed by atoms with Gasteiger partial charge in [0.2, 0.25) is 0 Å². The van der Waals surface area contributed by atoms with Crippen LogP contribution >= 0.6 is 0 Å². The Morgan fingerprint density at radius 2 is 1.79 bits per heavy atom. The number of aliphatic hydroxyl groups is 1. The maximum atomic E-state index is 8.96. The summed E-state index contributed by atoms with van der Waals surface area (Å²) in [5, 5.41) is 12.8. The maximum Gasteiger partial charge on any atom is 0.0431 e. The summed E-state index contributed by atoms with van der Waals surface area (Å²) in [6.07, 6.45) is 12.2. The highest BCUT2D eigenvalue weighted by Crippen LogP contribution is 2.40. The first-order valence-corrected chi connectivity index (χ1v) is 8.45. The van der Waals surface area contributed by atoms with Crippen LogP contribution in [0, 0.1) is 17.3 Å². The van der Waals surface area contributed by atoms with Gasteiger partial charge in [-0.3, -0.25) is 0 Å². The summed E-state index contributed by atoms with van der Waals surface area (Å²) in [7, 11) is 0. The first kappa shape index (κ1) is 15.3. The number of nitrogens with one attached hydrogen (secondary N) is 1. The Labute approximate surface area is 119 Å². The van der Waals surface area contributed by atoms with E-state index in [1.54, 1.807) is 0 Å². The van der Waals surface area contributed by atoms with Crippen LogP contribution in [0.2, 0.25) is 0 Å². The van der Waals surface area contributed by atoms with Gasteiger partial charge in [0.25, 0.3) is 0 Å². The number of rotatable bonds is 6. The highest BCUT2D eigenvalue weighted by Gasteiger charge is 2.32. The molecular weight excluding hydrogens is 234 g/mol. The third-order valence-corrected chi connectivity index (χ3v) is 5.42. The lowest BCUT2D eigenvalue weighted by Crippen LogP contribution is -2.42. The van der Waals surface area contributed by atoms with Gasteiger partial charge in [-0.25, -0.2) is 0 Å². The van der Waals surface area contributed by atoms with E-state index in [9.17, 15) is 0 Å². The Hall–Kier alpha value is -0.0800. The fraction of sp³-hybridized carbons (Fsp3) is 1.00. The molecule has 3 atom stereocenters. The highest BCUT2D eigenvalue weighted by molar-refractivity contribution is 4.87. The molecule has 2 aliphatic carbocycles. The Morgan fingerprint density at radius 1 is 1.05 bits per heavy atom. The summed E-state index contributed by atoms with van der Waals surface area (Å²) in [5.74, 6) is 2.06. The van der Waals surface area contributed by atoms with Crippen molar-refractivity contribution in [3.05, 3.63) is 0 Å². The van der Waals surface area contributed by atoms with Crippen LogP contribution in [0.25, 0.3) is 0 Å². The largest absolute Gasteiger partial charge is 0.396 e. The molecule has 19 heavy (non-hydrogen) atoms. The third-order valence-electron chi connectivity index (χ3n) is 5.42. The maximum absolute atomic E-state index is 8.96. The molecule has 0 spiro atoms. The molecule has 2 saturated carbocycles. The van der Waals surface area contributed by atoms with E-state index in [-0.39, 0.29) is 0 Å². The van der Waals surface area contributed by atoms with Crippen LogP contribution in [0.5, 0.6) is 0 Å². The van der Waals surface area contributed by atoms with Crippen molar-refractivity contribution in [2.75, 3.05) is 13.2 Å². The van der Waals surface area contributed by atoms with Crippen LogP contribution in [0.1, 0.15) is 71.6 Å². The molecule has 2 fully saturated rings. The number of fused-ring (bicyclic) bond motifs is 1. The van der Waals surface area contributed by atoms with Crippen molar-refractivity contribution in [2.24, 2.45) is 17.3 Å². The van der Waals surface area contributed by atoms with E-state index in [0.29, 0.717) is 12.0 Å². The molecule has 2 nitrogen and oxygen atoms in total.